The highest BCUT2D eigenvalue weighted by Crippen LogP contribution is 2.30. The first-order chi connectivity index (χ1) is 7.15. The van der Waals surface area contributed by atoms with Crippen LogP contribution in [0.3, 0.4) is 0 Å². The van der Waals surface area contributed by atoms with Gasteiger partial charge in [0.1, 0.15) is 17.1 Å². The van der Waals surface area contributed by atoms with E-state index in [4.69, 9.17) is 5.53 Å². The summed E-state index contributed by atoms with van der Waals surface area (Å²) in [6.45, 7) is 0. The lowest BCUT2D eigenvalue weighted by Crippen LogP contribution is -2.34. The second kappa shape index (κ2) is 3.04. The van der Waals surface area contributed by atoms with Crippen molar-refractivity contribution in [2.45, 2.75) is 0 Å². The van der Waals surface area contributed by atoms with E-state index in [1.54, 1.807) is 0 Å². The number of hydrogen-bond acceptors (Lipinski definition) is 4. The number of benzene rings is 1. The molecule has 74 valence electrons. The molecule has 0 saturated carbocycles. The zero-order valence-electron chi connectivity index (χ0n) is 7.30. The first-order valence-electron chi connectivity index (χ1n) is 3.96. The fourth-order valence-electron chi connectivity index (χ4n) is 1.28. The molecule has 0 saturated heterocycles. The van der Waals surface area contributed by atoms with Gasteiger partial charge in [0, 0.05) is 0 Å². The highest BCUT2D eigenvalue weighted by molar-refractivity contribution is 6.67. The normalized spacial score (nSPS) is 14.3. The van der Waals surface area contributed by atoms with Crippen molar-refractivity contribution in [3.8, 4) is 11.5 Å². The summed E-state index contributed by atoms with van der Waals surface area (Å²) in [5, 5.41) is 9.38. The van der Waals surface area contributed by atoms with Crippen LogP contribution in [-0.4, -0.2) is 27.4 Å². The van der Waals surface area contributed by atoms with Gasteiger partial charge in [-0.2, -0.15) is 4.79 Å². The van der Waals surface area contributed by atoms with E-state index < -0.39 is 17.5 Å². The molecule has 0 radical (unpaired) electrons. The van der Waals surface area contributed by atoms with Gasteiger partial charge >= 0.3 is 11.7 Å². The van der Waals surface area contributed by atoms with Crippen LogP contribution in [0.15, 0.2) is 18.2 Å². The van der Waals surface area contributed by atoms with Gasteiger partial charge in [-0.25, -0.2) is 4.79 Å². The van der Waals surface area contributed by atoms with Crippen LogP contribution in [0.1, 0.15) is 10.4 Å². The smallest absolute Gasteiger partial charge is 0.447 e. The number of hydrogen-bond donors (Lipinski definition) is 1. The molecule has 6 nitrogen and oxygen atoms in total. The third-order valence-electron chi connectivity index (χ3n) is 1.94. The largest absolute Gasteiger partial charge is 0.507 e. The van der Waals surface area contributed by atoms with E-state index >= 15 is 0 Å². The van der Waals surface area contributed by atoms with Crippen molar-refractivity contribution >= 4 is 17.5 Å². The molecule has 0 fully saturated rings. The van der Waals surface area contributed by atoms with Crippen LogP contribution < -0.4 is 4.74 Å². The van der Waals surface area contributed by atoms with Crippen LogP contribution in [0, 0.1) is 0 Å². The summed E-state index contributed by atoms with van der Waals surface area (Å²) in [5.74, 6) is -2.27. The minimum Gasteiger partial charge on any atom is -0.507 e. The maximum atomic E-state index is 11.5. The van der Waals surface area contributed by atoms with Gasteiger partial charge in [-0.05, 0) is 12.1 Å². The lowest BCUT2D eigenvalue weighted by atomic mass is 10.0. The van der Waals surface area contributed by atoms with Crippen molar-refractivity contribution in [3.05, 3.63) is 29.3 Å². The number of ether oxygens (including phenoxy) is 1. The van der Waals surface area contributed by atoms with Crippen LogP contribution in [0.5, 0.6) is 11.5 Å². The van der Waals surface area contributed by atoms with E-state index in [0.29, 0.717) is 0 Å². The van der Waals surface area contributed by atoms with Crippen molar-refractivity contribution in [1.82, 2.24) is 0 Å². The number of phenols is 1. The van der Waals surface area contributed by atoms with Crippen molar-refractivity contribution < 1.29 is 24.2 Å². The number of fused-ring (bicyclic) bond motifs is 1. The Hall–Kier alpha value is -2.46. The lowest BCUT2D eigenvalue weighted by molar-refractivity contribution is -0.131. The Morgan fingerprint density at radius 2 is 2.07 bits per heavy atom. The number of rotatable bonds is 0. The van der Waals surface area contributed by atoms with Crippen LogP contribution in [0.2, 0.25) is 0 Å². The minimum atomic E-state index is -1.04. The predicted octanol–water partition coefficient (Wildman–Crippen LogP) is 0.165. The van der Waals surface area contributed by atoms with E-state index in [2.05, 4.69) is 9.53 Å². The van der Waals surface area contributed by atoms with Crippen molar-refractivity contribution in [2.24, 2.45) is 0 Å². The van der Waals surface area contributed by atoms with Gasteiger partial charge in [0.25, 0.3) is 5.78 Å². The van der Waals surface area contributed by atoms with Crippen LogP contribution in [0.25, 0.3) is 5.53 Å². The number of phenolic OH excluding ortho intramolecular Hbond substituents is 1. The van der Waals surface area contributed by atoms with Crippen molar-refractivity contribution in [1.29, 1.82) is 0 Å². The standard InChI is InChI=1S/C9H4N2O4/c10-11-7-8(13)6-4(12)2-1-3-5(6)15-9(7)14/h1-3,12H. The monoisotopic (exact) mass is 204 g/mol. The average Bonchev–Trinajstić information content (AvgIpc) is 2.17. The molecule has 1 aliphatic rings. The van der Waals surface area contributed by atoms with Gasteiger partial charge in [-0.3, -0.25) is 4.79 Å². The molecule has 1 aromatic carbocycles. The Morgan fingerprint density at radius 3 is 2.73 bits per heavy atom. The summed E-state index contributed by atoms with van der Waals surface area (Å²) in [7, 11) is 0. The average molecular weight is 204 g/mol. The molecule has 0 atom stereocenters. The second-order valence-electron chi connectivity index (χ2n) is 2.82. The Morgan fingerprint density at radius 1 is 1.33 bits per heavy atom. The molecule has 0 unspecified atom stereocenters. The first-order valence-corrected chi connectivity index (χ1v) is 3.96. The highest BCUT2D eigenvalue weighted by atomic mass is 16.5. The molecular weight excluding hydrogens is 200 g/mol. The number of ketones is 1. The number of carbonyl (C=O) groups excluding carboxylic acids is 2. The minimum absolute atomic E-state index is 0.0441. The predicted molar refractivity (Wildman–Crippen MR) is 46.7 cm³/mol. The lowest BCUT2D eigenvalue weighted by Gasteiger charge is -2.11. The van der Waals surface area contributed by atoms with Gasteiger partial charge in [-0.1, -0.05) is 6.07 Å². The quantitative estimate of drug-likeness (QED) is 0.281. The molecule has 0 bridgehead atoms. The molecule has 15 heavy (non-hydrogen) atoms. The molecule has 1 N–H and O–H groups in total. The molecule has 0 spiro atoms. The summed E-state index contributed by atoms with van der Waals surface area (Å²) in [5.41, 5.74) is 7.51. The second-order valence-corrected chi connectivity index (χ2v) is 2.82. The Balaban J connectivity index is 2.72. The maximum absolute atomic E-state index is 11.5. The van der Waals surface area contributed by atoms with E-state index in [1.807, 2.05) is 0 Å². The Kier molecular flexibility index (Phi) is 1.85. The third kappa shape index (κ3) is 1.20. The first kappa shape index (κ1) is 9.11. The zero-order chi connectivity index (χ0) is 11.0. The molecule has 6 heteroatoms. The van der Waals surface area contributed by atoms with Crippen LogP contribution in [0.4, 0.5) is 0 Å². The molecule has 1 heterocycles. The number of esters is 1. The molecule has 0 aromatic heterocycles. The molecule has 1 aromatic rings. The van der Waals surface area contributed by atoms with Crippen LogP contribution in [-0.2, 0) is 4.79 Å². The summed E-state index contributed by atoms with van der Waals surface area (Å²) >= 11 is 0. The number of Topliss-reactive ketones (excluding diaryl/α,β-unsaturated/α-hetero) is 1. The van der Waals surface area contributed by atoms with E-state index in [0.717, 1.165) is 0 Å². The van der Waals surface area contributed by atoms with Gasteiger partial charge in [0.05, 0.1) is 0 Å². The Bertz CT molecular complexity index is 529. The summed E-state index contributed by atoms with van der Waals surface area (Å²) in [6, 6.07) is 4.06. The summed E-state index contributed by atoms with van der Waals surface area (Å²) < 4.78 is 4.68. The van der Waals surface area contributed by atoms with Crippen molar-refractivity contribution in [3.63, 3.8) is 0 Å². The molecule has 0 amide bonds. The van der Waals surface area contributed by atoms with Gasteiger partial charge in [0.15, 0.2) is 0 Å². The highest BCUT2D eigenvalue weighted by Gasteiger charge is 2.41. The number of nitrogens with zero attached hydrogens (tertiary/aromatic N) is 2. The fraction of sp³-hybridized carbons (Fsp3) is 0. The van der Waals surface area contributed by atoms with E-state index in [1.165, 1.54) is 18.2 Å². The van der Waals surface area contributed by atoms with Gasteiger partial charge < -0.3 is 15.4 Å². The van der Waals surface area contributed by atoms with E-state index in [-0.39, 0.29) is 17.1 Å². The third-order valence-corrected chi connectivity index (χ3v) is 1.94. The Labute approximate surface area is 83.3 Å². The van der Waals surface area contributed by atoms with Gasteiger partial charge in [-0.15, -0.1) is 0 Å². The summed E-state index contributed by atoms with van der Waals surface area (Å²) in [6.07, 6.45) is 0. The number of aromatic hydroxyl groups is 1. The molecular formula is C9H4N2O4. The van der Waals surface area contributed by atoms with Crippen LogP contribution >= 0.6 is 0 Å². The number of carbonyl (C=O) groups is 2. The van der Waals surface area contributed by atoms with E-state index in [9.17, 15) is 14.7 Å². The molecule has 1 aliphatic heterocycles. The van der Waals surface area contributed by atoms with Gasteiger partial charge in [0.2, 0.25) is 0 Å². The SMILES string of the molecule is [N-]=[N+]=C1C(=O)Oc2cccc(O)c2C1=O. The molecule has 0 aliphatic carbocycles. The maximum Gasteiger partial charge on any atom is 0.447 e. The van der Waals surface area contributed by atoms with Crippen molar-refractivity contribution in [2.75, 3.05) is 0 Å². The topological polar surface area (TPSA) is 100 Å². The fourth-order valence-corrected chi connectivity index (χ4v) is 1.28. The molecule has 2 rings (SSSR count). The summed E-state index contributed by atoms with van der Waals surface area (Å²) in [4.78, 5) is 25.2. The zero-order valence-corrected chi connectivity index (χ0v) is 7.30.